The van der Waals surface area contributed by atoms with Crippen LogP contribution in [0.5, 0.6) is 0 Å². The molecule has 0 radical (unpaired) electrons. The summed E-state index contributed by atoms with van der Waals surface area (Å²) >= 11 is 0. The molecule has 0 aromatic rings. The number of ether oxygens (including phenoxy) is 3. The number of hydrogen-bond donors (Lipinski definition) is 0. The van der Waals surface area contributed by atoms with Crippen LogP contribution in [-0.2, 0) is 19.0 Å². The van der Waals surface area contributed by atoms with Gasteiger partial charge in [0.25, 0.3) is 0 Å². The maximum Gasteiger partial charge on any atom is 0.456 e. The smallest absolute Gasteiger partial charge is 0.456 e. The van der Waals surface area contributed by atoms with Crippen molar-refractivity contribution in [2.75, 3.05) is 6.61 Å². The van der Waals surface area contributed by atoms with Crippen molar-refractivity contribution >= 4 is 5.97 Å². The molecule has 0 saturated carbocycles. The number of halogens is 2. The maximum atomic E-state index is 13.3. The van der Waals surface area contributed by atoms with Crippen molar-refractivity contribution in [3.8, 4) is 0 Å². The first-order chi connectivity index (χ1) is 7.85. The van der Waals surface area contributed by atoms with E-state index in [9.17, 15) is 13.6 Å². The minimum absolute atomic E-state index is 0.0988. The molecular weight excluding hydrogens is 234 g/mol. The number of hydrogen-bond acceptors (Lipinski definition) is 4. The van der Waals surface area contributed by atoms with Crippen molar-refractivity contribution in [3.63, 3.8) is 0 Å². The molecule has 17 heavy (non-hydrogen) atoms. The molecule has 0 N–H and O–H groups in total. The fourth-order valence-electron chi connectivity index (χ4n) is 1.91. The van der Waals surface area contributed by atoms with E-state index in [2.05, 4.69) is 9.47 Å². The highest BCUT2D eigenvalue weighted by Crippen LogP contribution is 2.28. The van der Waals surface area contributed by atoms with Gasteiger partial charge in [-0.15, -0.1) is 0 Å². The van der Waals surface area contributed by atoms with E-state index in [0.717, 1.165) is 0 Å². The minimum atomic E-state index is -3.88. The van der Waals surface area contributed by atoms with E-state index in [1.54, 1.807) is 13.8 Å². The summed E-state index contributed by atoms with van der Waals surface area (Å²) in [5, 5.41) is 0. The van der Waals surface area contributed by atoms with Crippen LogP contribution in [0.3, 0.4) is 0 Å². The molecule has 100 valence electrons. The second-order valence-electron chi connectivity index (χ2n) is 4.21. The molecule has 0 amide bonds. The van der Waals surface area contributed by atoms with E-state index in [-0.39, 0.29) is 18.8 Å². The largest absolute Gasteiger partial charge is 0.460 e. The molecule has 4 nitrogen and oxygen atoms in total. The van der Waals surface area contributed by atoms with Crippen LogP contribution in [0.1, 0.15) is 33.6 Å². The fraction of sp³-hybridized carbons (Fsp3) is 0.909. The second kappa shape index (κ2) is 5.73. The molecule has 0 aromatic carbocycles. The van der Waals surface area contributed by atoms with Gasteiger partial charge < -0.3 is 14.2 Å². The number of alkyl halides is 2. The summed E-state index contributed by atoms with van der Waals surface area (Å²) in [6.07, 6.45) is -4.17. The molecule has 0 spiro atoms. The molecule has 1 heterocycles. The first-order valence-corrected chi connectivity index (χ1v) is 5.73. The van der Waals surface area contributed by atoms with Crippen LogP contribution in [0, 0.1) is 0 Å². The molecule has 0 bridgehead atoms. The normalized spacial score (nSPS) is 30.1. The number of carbonyl (C=O) groups excluding carboxylic acids is 1. The average Bonchev–Trinajstić information content (AvgIpc) is 2.15. The van der Waals surface area contributed by atoms with Gasteiger partial charge in [-0.25, -0.2) is 4.79 Å². The van der Waals surface area contributed by atoms with E-state index in [1.807, 2.05) is 0 Å². The van der Waals surface area contributed by atoms with Crippen LogP contribution < -0.4 is 0 Å². The van der Waals surface area contributed by atoms with Gasteiger partial charge >= 0.3 is 12.1 Å². The first-order valence-electron chi connectivity index (χ1n) is 5.73. The summed E-state index contributed by atoms with van der Waals surface area (Å²) in [6.45, 7) is 4.94. The summed E-state index contributed by atoms with van der Waals surface area (Å²) in [4.78, 5) is 11.0. The Kier molecular flexibility index (Phi) is 4.82. The van der Waals surface area contributed by atoms with Gasteiger partial charge in [-0.1, -0.05) is 0 Å². The highest BCUT2D eigenvalue weighted by molar-refractivity contribution is 5.75. The molecule has 2 unspecified atom stereocenters. The van der Waals surface area contributed by atoms with Gasteiger partial charge in [0.1, 0.15) is 0 Å². The van der Waals surface area contributed by atoms with E-state index >= 15 is 0 Å². The Labute approximate surface area is 99.2 Å². The summed E-state index contributed by atoms with van der Waals surface area (Å²) in [5.74, 6) is -1.63. The van der Waals surface area contributed by atoms with Gasteiger partial charge in [-0.3, -0.25) is 0 Å². The Morgan fingerprint density at radius 1 is 1.35 bits per heavy atom. The Morgan fingerprint density at radius 2 is 1.88 bits per heavy atom. The van der Waals surface area contributed by atoms with E-state index in [1.165, 1.54) is 6.92 Å². The van der Waals surface area contributed by atoms with Crippen molar-refractivity contribution < 1.29 is 27.8 Å². The van der Waals surface area contributed by atoms with Crippen LogP contribution in [0.25, 0.3) is 0 Å². The van der Waals surface area contributed by atoms with Crippen LogP contribution in [0.2, 0.25) is 0 Å². The predicted molar refractivity (Wildman–Crippen MR) is 55.7 cm³/mol. The number of carbonyl (C=O) groups is 1. The second-order valence-corrected chi connectivity index (χ2v) is 4.21. The zero-order valence-electron chi connectivity index (χ0n) is 10.2. The molecule has 1 fully saturated rings. The highest BCUT2D eigenvalue weighted by atomic mass is 19.3. The molecule has 2 atom stereocenters. The predicted octanol–water partition coefficient (Wildman–Crippen LogP) is 2.11. The van der Waals surface area contributed by atoms with Gasteiger partial charge in [-0.05, 0) is 33.6 Å². The van der Waals surface area contributed by atoms with Gasteiger partial charge in [0, 0.05) is 0 Å². The Bertz CT molecular complexity index is 260. The Balaban J connectivity index is 2.54. The summed E-state index contributed by atoms with van der Waals surface area (Å²) in [5.41, 5.74) is 0. The molecule has 0 aliphatic carbocycles. The third kappa shape index (κ3) is 4.20. The monoisotopic (exact) mass is 252 g/mol. The minimum Gasteiger partial charge on any atom is -0.460 e. The van der Waals surface area contributed by atoms with Crippen molar-refractivity contribution in [2.24, 2.45) is 0 Å². The first kappa shape index (κ1) is 14.3. The quantitative estimate of drug-likeness (QED) is 0.719. The molecule has 1 aliphatic rings. The molecule has 1 rings (SSSR count). The lowest BCUT2D eigenvalue weighted by atomic mass is 10.0. The lowest BCUT2D eigenvalue weighted by Gasteiger charge is -2.33. The third-order valence-electron chi connectivity index (χ3n) is 2.48. The van der Waals surface area contributed by atoms with Gasteiger partial charge in [0.2, 0.25) is 0 Å². The van der Waals surface area contributed by atoms with Gasteiger partial charge in [0.15, 0.2) is 0 Å². The van der Waals surface area contributed by atoms with Gasteiger partial charge in [0.05, 0.1) is 24.9 Å². The lowest BCUT2D eigenvalue weighted by molar-refractivity contribution is -0.278. The van der Waals surface area contributed by atoms with Gasteiger partial charge in [-0.2, -0.15) is 8.78 Å². The summed E-state index contributed by atoms with van der Waals surface area (Å²) in [6, 6.07) is 0. The summed E-state index contributed by atoms with van der Waals surface area (Å²) in [7, 11) is 0. The lowest BCUT2D eigenvalue weighted by Crippen LogP contribution is -2.42. The van der Waals surface area contributed by atoms with E-state index in [4.69, 9.17) is 4.74 Å². The third-order valence-corrected chi connectivity index (χ3v) is 2.48. The highest BCUT2D eigenvalue weighted by Gasteiger charge is 2.45. The van der Waals surface area contributed by atoms with Crippen LogP contribution >= 0.6 is 0 Å². The average molecular weight is 252 g/mol. The van der Waals surface area contributed by atoms with Crippen LogP contribution in [0.15, 0.2) is 0 Å². The summed E-state index contributed by atoms with van der Waals surface area (Å²) < 4.78 is 40.8. The molecule has 1 saturated heterocycles. The van der Waals surface area contributed by atoms with Crippen molar-refractivity contribution in [2.45, 2.75) is 58.0 Å². The topological polar surface area (TPSA) is 44.8 Å². The Morgan fingerprint density at radius 3 is 2.35 bits per heavy atom. The van der Waals surface area contributed by atoms with Crippen molar-refractivity contribution in [3.05, 3.63) is 0 Å². The fourth-order valence-corrected chi connectivity index (χ4v) is 1.91. The molecule has 6 heteroatoms. The van der Waals surface area contributed by atoms with E-state index in [0.29, 0.717) is 12.8 Å². The zero-order chi connectivity index (χ0) is 13.1. The molecule has 1 aliphatic heterocycles. The molecular formula is C11H18F2O4. The van der Waals surface area contributed by atoms with Crippen molar-refractivity contribution in [1.29, 1.82) is 0 Å². The Hall–Kier alpha value is -0.750. The van der Waals surface area contributed by atoms with Crippen LogP contribution in [0.4, 0.5) is 8.78 Å². The van der Waals surface area contributed by atoms with Crippen LogP contribution in [-0.4, -0.2) is 37.0 Å². The van der Waals surface area contributed by atoms with Crippen molar-refractivity contribution in [1.82, 2.24) is 0 Å². The number of rotatable bonds is 4. The molecule has 0 aromatic heterocycles. The zero-order valence-corrected chi connectivity index (χ0v) is 10.2. The number of esters is 1. The SMILES string of the molecule is CCOC(=O)C(F)(F)OC1CC(C)OC(C)C1. The van der Waals surface area contributed by atoms with E-state index < -0.39 is 18.2 Å². The standard InChI is InChI=1S/C11H18F2O4/c1-4-15-10(14)11(12,13)17-9-5-7(2)16-8(3)6-9/h7-9H,4-6H2,1-3H3. The maximum absolute atomic E-state index is 13.3.